The molecule has 1 aromatic rings. The van der Waals surface area contributed by atoms with Gasteiger partial charge in [0.15, 0.2) is 0 Å². The zero-order valence-electron chi connectivity index (χ0n) is 12.6. The fourth-order valence-corrected chi connectivity index (χ4v) is 1.48. The van der Waals surface area contributed by atoms with Crippen molar-refractivity contribution in [2.45, 2.75) is 38.7 Å². The largest absolute Gasteiger partial charge is 0.479 e. The number of aromatic nitrogens is 1. The van der Waals surface area contributed by atoms with Crippen LogP contribution in [-0.2, 0) is 10.2 Å². The minimum absolute atomic E-state index is 0.275. The van der Waals surface area contributed by atoms with Gasteiger partial charge in [-0.3, -0.25) is 0 Å². The summed E-state index contributed by atoms with van der Waals surface area (Å²) in [4.78, 5) is 11.7. The molecule has 0 aliphatic heterocycles. The SMILES string of the molecule is COc1cc(C(C)(CN)CNC(=O)OC(C)(C)C)on1. The second kappa shape index (κ2) is 6.13. The molecule has 0 fully saturated rings. The highest BCUT2D eigenvalue weighted by atomic mass is 16.6. The highest BCUT2D eigenvalue weighted by Crippen LogP contribution is 2.25. The lowest BCUT2D eigenvalue weighted by Gasteiger charge is -2.26. The van der Waals surface area contributed by atoms with Gasteiger partial charge in [0, 0.05) is 19.2 Å². The molecule has 0 aromatic carbocycles. The smallest absolute Gasteiger partial charge is 0.407 e. The summed E-state index contributed by atoms with van der Waals surface area (Å²) in [6.07, 6.45) is -0.497. The third kappa shape index (κ3) is 4.41. The second-order valence-electron chi connectivity index (χ2n) is 5.85. The van der Waals surface area contributed by atoms with Crippen molar-refractivity contribution in [1.29, 1.82) is 0 Å². The molecule has 114 valence electrons. The molecule has 7 nitrogen and oxygen atoms in total. The summed E-state index contributed by atoms with van der Waals surface area (Å²) in [5.74, 6) is 0.921. The molecule has 1 amide bonds. The fourth-order valence-electron chi connectivity index (χ4n) is 1.48. The van der Waals surface area contributed by atoms with Crippen molar-refractivity contribution in [2.24, 2.45) is 5.73 Å². The zero-order valence-corrected chi connectivity index (χ0v) is 12.6. The molecule has 1 unspecified atom stereocenters. The van der Waals surface area contributed by atoms with E-state index in [1.165, 1.54) is 7.11 Å². The molecule has 0 saturated heterocycles. The van der Waals surface area contributed by atoms with Crippen LogP contribution in [-0.4, -0.2) is 37.1 Å². The van der Waals surface area contributed by atoms with Gasteiger partial charge in [-0.25, -0.2) is 4.79 Å². The molecule has 0 saturated carbocycles. The summed E-state index contributed by atoms with van der Waals surface area (Å²) in [7, 11) is 1.50. The summed E-state index contributed by atoms with van der Waals surface area (Å²) in [5, 5.41) is 6.43. The molecule has 1 aromatic heterocycles. The van der Waals surface area contributed by atoms with Crippen molar-refractivity contribution < 1.29 is 18.8 Å². The van der Waals surface area contributed by atoms with Crippen LogP contribution in [0.2, 0.25) is 0 Å². The summed E-state index contributed by atoms with van der Waals surface area (Å²) in [6, 6.07) is 1.66. The van der Waals surface area contributed by atoms with E-state index >= 15 is 0 Å². The van der Waals surface area contributed by atoms with E-state index in [4.69, 9.17) is 19.7 Å². The van der Waals surface area contributed by atoms with Gasteiger partial charge in [-0.15, -0.1) is 0 Å². The Hall–Kier alpha value is -1.76. The van der Waals surface area contributed by atoms with Gasteiger partial charge in [0.25, 0.3) is 5.88 Å². The predicted octanol–water partition coefficient (Wildman–Crippen LogP) is 1.42. The maximum absolute atomic E-state index is 11.7. The summed E-state index contributed by atoms with van der Waals surface area (Å²) in [6.45, 7) is 7.82. The molecular formula is C13H23N3O4. The van der Waals surface area contributed by atoms with E-state index in [1.54, 1.807) is 26.8 Å². The summed E-state index contributed by atoms with van der Waals surface area (Å²) < 4.78 is 15.3. The van der Waals surface area contributed by atoms with E-state index in [2.05, 4.69) is 10.5 Å². The molecule has 1 rings (SSSR count). The van der Waals surface area contributed by atoms with Crippen LogP contribution in [0.15, 0.2) is 10.6 Å². The fraction of sp³-hybridized carbons (Fsp3) is 0.692. The van der Waals surface area contributed by atoms with Gasteiger partial charge >= 0.3 is 6.09 Å². The number of carbonyl (C=O) groups is 1. The third-order valence-corrected chi connectivity index (χ3v) is 2.76. The lowest BCUT2D eigenvalue weighted by atomic mass is 9.88. The van der Waals surface area contributed by atoms with Crippen LogP contribution < -0.4 is 15.8 Å². The van der Waals surface area contributed by atoms with E-state index in [-0.39, 0.29) is 13.1 Å². The van der Waals surface area contributed by atoms with Gasteiger partial charge in [-0.2, -0.15) is 0 Å². The minimum atomic E-state index is -0.583. The number of nitrogens with one attached hydrogen (secondary N) is 1. The van der Waals surface area contributed by atoms with Crippen LogP contribution in [0, 0.1) is 0 Å². The molecular weight excluding hydrogens is 262 g/mol. The van der Waals surface area contributed by atoms with Crippen LogP contribution in [0.1, 0.15) is 33.5 Å². The summed E-state index contributed by atoms with van der Waals surface area (Å²) in [5.41, 5.74) is 4.66. The standard InChI is InChI=1S/C13H23N3O4/c1-12(2,3)19-11(17)15-8-13(4,7-14)9-6-10(18-5)16-20-9/h6H,7-8,14H2,1-5H3,(H,15,17). The number of nitrogens with zero attached hydrogens (tertiary/aromatic N) is 1. The van der Waals surface area contributed by atoms with E-state index < -0.39 is 17.1 Å². The highest BCUT2D eigenvalue weighted by Gasteiger charge is 2.31. The summed E-state index contributed by atoms with van der Waals surface area (Å²) >= 11 is 0. The van der Waals surface area contributed by atoms with E-state index in [0.717, 1.165) is 0 Å². The third-order valence-electron chi connectivity index (χ3n) is 2.76. The topological polar surface area (TPSA) is 99.6 Å². The molecule has 7 heteroatoms. The first-order chi connectivity index (χ1) is 9.20. The first-order valence-electron chi connectivity index (χ1n) is 6.38. The average Bonchev–Trinajstić information content (AvgIpc) is 2.83. The number of amides is 1. The number of rotatable bonds is 5. The van der Waals surface area contributed by atoms with Crippen molar-refractivity contribution in [3.63, 3.8) is 0 Å². The average molecular weight is 285 g/mol. The van der Waals surface area contributed by atoms with E-state index in [0.29, 0.717) is 11.6 Å². The van der Waals surface area contributed by atoms with Crippen LogP contribution >= 0.6 is 0 Å². The number of nitrogens with two attached hydrogens (primary N) is 1. The number of methoxy groups -OCH3 is 1. The van der Waals surface area contributed by atoms with Gasteiger partial charge in [0.05, 0.1) is 12.5 Å². The highest BCUT2D eigenvalue weighted by molar-refractivity contribution is 5.67. The van der Waals surface area contributed by atoms with Gasteiger partial charge in [0.1, 0.15) is 11.4 Å². The number of alkyl carbamates (subject to hydrolysis) is 1. The Bertz CT molecular complexity index is 453. The Morgan fingerprint density at radius 3 is 2.55 bits per heavy atom. The molecule has 0 aliphatic rings. The Morgan fingerprint density at radius 2 is 2.10 bits per heavy atom. The van der Waals surface area contributed by atoms with Gasteiger partial charge < -0.3 is 25.0 Å². The molecule has 0 radical (unpaired) electrons. The van der Waals surface area contributed by atoms with Crippen molar-refractivity contribution in [1.82, 2.24) is 10.5 Å². The normalized spacial score (nSPS) is 14.5. The van der Waals surface area contributed by atoms with Crippen molar-refractivity contribution in [2.75, 3.05) is 20.2 Å². The van der Waals surface area contributed by atoms with Crippen LogP contribution in [0.4, 0.5) is 4.79 Å². The molecule has 0 spiro atoms. The molecule has 1 atom stereocenters. The van der Waals surface area contributed by atoms with E-state index in [9.17, 15) is 4.79 Å². The zero-order chi connectivity index (χ0) is 15.4. The monoisotopic (exact) mass is 285 g/mol. The van der Waals surface area contributed by atoms with Crippen molar-refractivity contribution >= 4 is 6.09 Å². The molecule has 3 N–H and O–H groups in total. The molecule has 20 heavy (non-hydrogen) atoms. The van der Waals surface area contributed by atoms with E-state index in [1.807, 2.05) is 6.92 Å². The second-order valence-corrected chi connectivity index (χ2v) is 5.85. The Balaban J connectivity index is 2.68. The maximum atomic E-state index is 11.7. The van der Waals surface area contributed by atoms with Crippen molar-refractivity contribution in [3.05, 3.63) is 11.8 Å². The molecule has 0 bridgehead atoms. The predicted molar refractivity (Wildman–Crippen MR) is 73.7 cm³/mol. The van der Waals surface area contributed by atoms with Crippen LogP contribution in [0.25, 0.3) is 0 Å². The number of hydrogen-bond acceptors (Lipinski definition) is 6. The quantitative estimate of drug-likeness (QED) is 0.848. The first kappa shape index (κ1) is 16.3. The van der Waals surface area contributed by atoms with Gasteiger partial charge in [-0.1, -0.05) is 0 Å². The Kier molecular flexibility index (Phi) is 4.99. The van der Waals surface area contributed by atoms with Gasteiger partial charge in [-0.05, 0) is 32.9 Å². The number of carbonyl (C=O) groups excluding carboxylic acids is 1. The number of ether oxygens (including phenoxy) is 2. The number of hydrogen-bond donors (Lipinski definition) is 2. The molecule has 0 aliphatic carbocycles. The Morgan fingerprint density at radius 1 is 1.45 bits per heavy atom. The lowest BCUT2D eigenvalue weighted by molar-refractivity contribution is 0.0513. The lowest BCUT2D eigenvalue weighted by Crippen LogP contribution is -2.45. The molecule has 1 heterocycles. The first-order valence-corrected chi connectivity index (χ1v) is 6.38. The Labute approximate surface area is 118 Å². The van der Waals surface area contributed by atoms with Crippen LogP contribution in [0.5, 0.6) is 5.88 Å². The van der Waals surface area contributed by atoms with Crippen LogP contribution in [0.3, 0.4) is 0 Å². The maximum Gasteiger partial charge on any atom is 0.407 e. The minimum Gasteiger partial charge on any atom is -0.479 e. The van der Waals surface area contributed by atoms with Gasteiger partial charge in [0.2, 0.25) is 0 Å². The van der Waals surface area contributed by atoms with Crippen molar-refractivity contribution in [3.8, 4) is 5.88 Å².